The number of carboxylic acids is 1. The van der Waals surface area contributed by atoms with Gasteiger partial charge in [0.1, 0.15) is 0 Å². The highest BCUT2D eigenvalue weighted by molar-refractivity contribution is 6.28. The molecule has 0 aliphatic carbocycles. The Kier molecular flexibility index (Phi) is 3.60. The molecule has 0 spiro atoms. The van der Waals surface area contributed by atoms with E-state index in [1.165, 1.54) is 42.6 Å². The first-order valence-electron chi connectivity index (χ1n) is 6.17. The average Bonchev–Trinajstić information content (AvgIpc) is 2.49. The second-order valence-corrected chi connectivity index (χ2v) is 4.69. The number of aromatic carboxylic acids is 1. The summed E-state index contributed by atoms with van der Waals surface area (Å²) in [7, 11) is 0. The number of carbonyl (C=O) groups is 1. The van der Waals surface area contributed by atoms with Crippen LogP contribution in [0.4, 0.5) is 4.39 Å². The minimum Gasteiger partial charge on any atom is -0.478 e. The minimum atomic E-state index is -1.12. The maximum Gasteiger partial charge on any atom is 0.336 e. The summed E-state index contributed by atoms with van der Waals surface area (Å²) in [6.07, 6.45) is 1.38. The lowest BCUT2D eigenvalue weighted by molar-refractivity contribution is 0.0699. The molecule has 7 heteroatoms. The first-order valence-corrected chi connectivity index (χ1v) is 6.55. The molecular formula is C15H8ClFN2O3. The van der Waals surface area contributed by atoms with Gasteiger partial charge in [-0.2, -0.15) is 4.98 Å². The van der Waals surface area contributed by atoms with Crippen LogP contribution in [-0.2, 0) is 0 Å². The zero-order valence-corrected chi connectivity index (χ0v) is 11.7. The van der Waals surface area contributed by atoms with E-state index in [0.29, 0.717) is 5.39 Å². The van der Waals surface area contributed by atoms with E-state index in [1.807, 2.05) is 0 Å². The lowest BCUT2D eigenvalue weighted by Gasteiger charge is -2.09. The van der Waals surface area contributed by atoms with Crippen molar-refractivity contribution in [3.8, 4) is 11.6 Å². The Morgan fingerprint density at radius 3 is 2.73 bits per heavy atom. The zero-order valence-electron chi connectivity index (χ0n) is 11.0. The molecule has 0 unspecified atom stereocenters. The fourth-order valence-electron chi connectivity index (χ4n) is 2.06. The van der Waals surface area contributed by atoms with Crippen LogP contribution in [0.15, 0.2) is 42.6 Å². The largest absolute Gasteiger partial charge is 0.478 e. The molecule has 110 valence electrons. The Hall–Kier alpha value is -2.73. The highest BCUT2D eigenvalue weighted by atomic mass is 35.5. The maximum absolute atomic E-state index is 14.5. The standard InChI is InChI=1S/C15H8ClFN2O3/c16-15-18-7-6-12(19-15)22-11-5-4-8-9(13(11)17)2-1-3-10(8)14(20)21/h1-7H,(H,20,21). The van der Waals surface area contributed by atoms with E-state index < -0.39 is 11.8 Å². The van der Waals surface area contributed by atoms with E-state index in [9.17, 15) is 9.18 Å². The van der Waals surface area contributed by atoms with E-state index in [-0.39, 0.29) is 27.9 Å². The van der Waals surface area contributed by atoms with Crippen LogP contribution in [0.2, 0.25) is 5.28 Å². The number of benzene rings is 2. The molecule has 3 rings (SSSR count). The molecule has 0 bridgehead atoms. The normalized spacial score (nSPS) is 10.6. The second kappa shape index (κ2) is 5.57. The molecule has 0 fully saturated rings. The molecule has 0 saturated carbocycles. The summed E-state index contributed by atoms with van der Waals surface area (Å²) < 4.78 is 19.8. The SMILES string of the molecule is O=C(O)c1cccc2c(F)c(Oc3ccnc(Cl)n3)ccc12. The molecule has 2 aromatic carbocycles. The van der Waals surface area contributed by atoms with Crippen LogP contribution in [0, 0.1) is 5.82 Å². The van der Waals surface area contributed by atoms with Crippen LogP contribution in [-0.4, -0.2) is 21.0 Å². The van der Waals surface area contributed by atoms with Crippen molar-refractivity contribution in [3.63, 3.8) is 0 Å². The van der Waals surface area contributed by atoms with Gasteiger partial charge in [0.25, 0.3) is 0 Å². The molecule has 0 aliphatic rings. The third kappa shape index (κ3) is 2.56. The van der Waals surface area contributed by atoms with Gasteiger partial charge in [-0.1, -0.05) is 12.1 Å². The first kappa shape index (κ1) is 14.2. The maximum atomic E-state index is 14.5. The van der Waals surface area contributed by atoms with Gasteiger partial charge in [-0.3, -0.25) is 0 Å². The topological polar surface area (TPSA) is 72.3 Å². The van der Waals surface area contributed by atoms with Gasteiger partial charge in [0, 0.05) is 17.6 Å². The van der Waals surface area contributed by atoms with Crippen LogP contribution in [0.3, 0.4) is 0 Å². The van der Waals surface area contributed by atoms with Gasteiger partial charge in [-0.25, -0.2) is 14.2 Å². The van der Waals surface area contributed by atoms with Crippen molar-refractivity contribution in [2.75, 3.05) is 0 Å². The lowest BCUT2D eigenvalue weighted by Crippen LogP contribution is -1.99. The van der Waals surface area contributed by atoms with Crippen molar-refractivity contribution < 1.29 is 19.0 Å². The van der Waals surface area contributed by atoms with E-state index >= 15 is 0 Å². The monoisotopic (exact) mass is 318 g/mol. The molecule has 3 aromatic rings. The molecule has 1 aromatic heterocycles. The summed E-state index contributed by atoms with van der Waals surface area (Å²) in [5.74, 6) is -1.78. The molecule has 5 nitrogen and oxygen atoms in total. The van der Waals surface area contributed by atoms with Crippen molar-refractivity contribution in [2.24, 2.45) is 0 Å². The first-order chi connectivity index (χ1) is 10.6. The summed E-state index contributed by atoms with van der Waals surface area (Å²) in [4.78, 5) is 18.7. The number of halogens is 2. The Balaban J connectivity index is 2.09. The highest BCUT2D eigenvalue weighted by Gasteiger charge is 2.15. The predicted octanol–water partition coefficient (Wildman–Crippen LogP) is 3.91. The third-order valence-corrected chi connectivity index (χ3v) is 3.19. The second-order valence-electron chi connectivity index (χ2n) is 4.35. The van der Waals surface area contributed by atoms with Gasteiger partial charge in [0.15, 0.2) is 11.6 Å². The molecule has 22 heavy (non-hydrogen) atoms. The van der Waals surface area contributed by atoms with Crippen molar-refractivity contribution in [2.45, 2.75) is 0 Å². The molecule has 1 heterocycles. The van der Waals surface area contributed by atoms with Gasteiger partial charge in [0.05, 0.1) is 5.56 Å². The Bertz CT molecular complexity index is 886. The average molecular weight is 319 g/mol. The van der Waals surface area contributed by atoms with Gasteiger partial charge in [0.2, 0.25) is 11.2 Å². The molecule has 0 aliphatic heterocycles. The van der Waals surface area contributed by atoms with Crippen molar-refractivity contribution in [1.82, 2.24) is 9.97 Å². The van der Waals surface area contributed by atoms with Gasteiger partial charge >= 0.3 is 5.97 Å². The van der Waals surface area contributed by atoms with Crippen molar-refractivity contribution in [1.29, 1.82) is 0 Å². The number of carboxylic acid groups (broad SMARTS) is 1. The zero-order chi connectivity index (χ0) is 15.7. The van der Waals surface area contributed by atoms with E-state index in [2.05, 4.69) is 9.97 Å². The van der Waals surface area contributed by atoms with Gasteiger partial charge in [-0.05, 0) is 35.2 Å². The lowest BCUT2D eigenvalue weighted by atomic mass is 10.0. The smallest absolute Gasteiger partial charge is 0.336 e. The number of fused-ring (bicyclic) bond motifs is 1. The Labute approximate surface area is 129 Å². The van der Waals surface area contributed by atoms with Gasteiger partial charge < -0.3 is 9.84 Å². The van der Waals surface area contributed by atoms with Crippen molar-refractivity contribution in [3.05, 3.63) is 59.3 Å². The molecule has 0 saturated heterocycles. The van der Waals surface area contributed by atoms with Crippen LogP contribution in [0.25, 0.3) is 10.8 Å². The summed E-state index contributed by atoms with van der Waals surface area (Å²) in [6, 6.07) is 8.63. The molecular weight excluding hydrogens is 311 g/mol. The number of ether oxygens (including phenoxy) is 1. The quantitative estimate of drug-likeness (QED) is 0.741. The van der Waals surface area contributed by atoms with Crippen LogP contribution < -0.4 is 4.74 Å². The summed E-state index contributed by atoms with van der Waals surface area (Å²) in [5.41, 5.74) is 0.0213. The summed E-state index contributed by atoms with van der Waals surface area (Å²) >= 11 is 5.64. The van der Waals surface area contributed by atoms with E-state index in [4.69, 9.17) is 21.4 Å². The molecule has 0 atom stereocenters. The fraction of sp³-hybridized carbons (Fsp3) is 0. The van der Waals surface area contributed by atoms with Crippen LogP contribution >= 0.6 is 11.6 Å². The molecule has 1 N–H and O–H groups in total. The Morgan fingerprint density at radius 2 is 2.00 bits per heavy atom. The molecule has 0 radical (unpaired) electrons. The Morgan fingerprint density at radius 1 is 1.18 bits per heavy atom. The number of nitrogens with zero attached hydrogens (tertiary/aromatic N) is 2. The van der Waals surface area contributed by atoms with E-state index in [1.54, 1.807) is 0 Å². The highest BCUT2D eigenvalue weighted by Crippen LogP contribution is 2.31. The predicted molar refractivity (Wildman–Crippen MR) is 78.0 cm³/mol. The molecule has 0 amide bonds. The number of hydrogen-bond donors (Lipinski definition) is 1. The third-order valence-electron chi connectivity index (χ3n) is 3.01. The summed E-state index contributed by atoms with van der Waals surface area (Å²) in [5, 5.41) is 9.54. The summed E-state index contributed by atoms with van der Waals surface area (Å²) in [6.45, 7) is 0. The fourth-order valence-corrected chi connectivity index (χ4v) is 2.20. The van der Waals surface area contributed by atoms with Crippen LogP contribution in [0.5, 0.6) is 11.6 Å². The number of aromatic nitrogens is 2. The number of rotatable bonds is 3. The van der Waals surface area contributed by atoms with Gasteiger partial charge in [-0.15, -0.1) is 0 Å². The number of hydrogen-bond acceptors (Lipinski definition) is 4. The minimum absolute atomic E-state index is 0.0213. The van der Waals surface area contributed by atoms with E-state index in [0.717, 1.165) is 0 Å². The van der Waals surface area contributed by atoms with Crippen LogP contribution in [0.1, 0.15) is 10.4 Å². The van der Waals surface area contributed by atoms with Crippen molar-refractivity contribution >= 4 is 28.3 Å².